The highest BCUT2D eigenvalue weighted by Crippen LogP contribution is 2.33. The summed E-state index contributed by atoms with van der Waals surface area (Å²) in [7, 11) is 0. The molecule has 6 heteroatoms. The summed E-state index contributed by atoms with van der Waals surface area (Å²) in [5, 5.41) is 3.59. The van der Waals surface area contributed by atoms with E-state index in [1.165, 1.54) is 34.7 Å². The number of halogens is 1. The Bertz CT molecular complexity index is 847. The first-order valence-electron chi connectivity index (χ1n) is 9.32. The molecule has 3 N–H and O–H groups in total. The van der Waals surface area contributed by atoms with E-state index in [9.17, 15) is 4.79 Å². The van der Waals surface area contributed by atoms with Crippen LogP contribution in [0.15, 0.2) is 65.3 Å². The van der Waals surface area contributed by atoms with E-state index in [1.807, 2.05) is 0 Å². The minimum absolute atomic E-state index is 0.0295. The number of benzene rings is 2. The van der Waals surface area contributed by atoms with Gasteiger partial charge >= 0.3 is 5.97 Å². The van der Waals surface area contributed by atoms with Gasteiger partial charge in [0.1, 0.15) is 0 Å². The van der Waals surface area contributed by atoms with Gasteiger partial charge in [-0.15, -0.1) is 0 Å². The third kappa shape index (κ3) is 4.80. The average molecular weight is 489 g/mol. The summed E-state index contributed by atoms with van der Waals surface area (Å²) in [5.41, 5.74) is 11.0. The van der Waals surface area contributed by atoms with E-state index >= 15 is 0 Å². The molecular formula is C22H24IN3O2. The number of alkyl halides is 1. The molecule has 0 aliphatic heterocycles. The van der Waals surface area contributed by atoms with E-state index in [2.05, 4.69) is 81.4 Å². The molecule has 2 aromatic carbocycles. The van der Waals surface area contributed by atoms with Crippen LogP contribution in [0.2, 0.25) is 0 Å². The topological polar surface area (TPSA) is 76.7 Å². The van der Waals surface area contributed by atoms with Crippen molar-refractivity contribution in [3.8, 4) is 0 Å². The number of esters is 1. The van der Waals surface area contributed by atoms with Gasteiger partial charge in [-0.25, -0.2) is 4.79 Å². The molecule has 0 heterocycles. The summed E-state index contributed by atoms with van der Waals surface area (Å²) in [5.74, 6) is -0.470. The number of fused-ring (bicyclic) bond motifs is 2. The number of aryl methyl sites for hydroxylation is 2. The molecule has 0 spiro atoms. The third-order valence-corrected chi connectivity index (χ3v) is 5.42. The predicted octanol–water partition coefficient (Wildman–Crippen LogP) is 3.66. The van der Waals surface area contributed by atoms with Crippen LogP contribution in [-0.2, 0) is 22.4 Å². The standard InChI is InChI=1S/C22H24IN3O2/c1-2-28-21(27)17(13-24)14-25-22(23)26-20-18-9-5-3-7-15(18)11-12-16-8-4-6-10-19(16)20/h3-10,13-14,20,22,26H,2,11-12,24H2,1H3/b17-13+,25-14-. The number of nitrogens with two attached hydrogens (primary N) is 1. The highest BCUT2D eigenvalue weighted by atomic mass is 127. The zero-order chi connectivity index (χ0) is 19.9. The maximum Gasteiger partial charge on any atom is 0.341 e. The summed E-state index contributed by atoms with van der Waals surface area (Å²) < 4.78 is 4.74. The maximum atomic E-state index is 11.9. The van der Waals surface area contributed by atoms with Gasteiger partial charge in [0.25, 0.3) is 0 Å². The Balaban J connectivity index is 1.85. The van der Waals surface area contributed by atoms with E-state index in [-0.39, 0.29) is 15.8 Å². The Morgan fingerprint density at radius 3 is 2.32 bits per heavy atom. The van der Waals surface area contributed by atoms with Crippen LogP contribution in [0.25, 0.3) is 0 Å². The summed E-state index contributed by atoms with van der Waals surface area (Å²) in [6.07, 6.45) is 4.73. The largest absolute Gasteiger partial charge is 0.462 e. The van der Waals surface area contributed by atoms with Crippen LogP contribution in [-0.4, -0.2) is 23.0 Å². The van der Waals surface area contributed by atoms with Crippen LogP contribution in [0.1, 0.15) is 35.2 Å². The summed E-state index contributed by atoms with van der Waals surface area (Å²) in [6, 6.07) is 17.1. The lowest BCUT2D eigenvalue weighted by Crippen LogP contribution is -2.29. The van der Waals surface area contributed by atoms with Crippen molar-refractivity contribution in [2.75, 3.05) is 6.61 Å². The number of carbonyl (C=O) groups is 1. The summed E-state index contributed by atoms with van der Waals surface area (Å²) in [6.45, 7) is 2.05. The minimum atomic E-state index is -0.470. The van der Waals surface area contributed by atoms with E-state index < -0.39 is 5.97 Å². The second-order valence-electron chi connectivity index (χ2n) is 6.45. The number of hydrogen-bond donors (Lipinski definition) is 2. The lowest BCUT2D eigenvalue weighted by Gasteiger charge is -2.23. The smallest absolute Gasteiger partial charge is 0.341 e. The van der Waals surface area contributed by atoms with Crippen LogP contribution >= 0.6 is 22.6 Å². The molecule has 0 radical (unpaired) electrons. The molecule has 0 bridgehead atoms. The molecule has 0 fully saturated rings. The molecule has 3 rings (SSSR count). The van der Waals surface area contributed by atoms with Crippen LogP contribution in [0, 0.1) is 0 Å². The third-order valence-electron chi connectivity index (χ3n) is 4.74. The quantitative estimate of drug-likeness (QED) is 0.162. The first-order chi connectivity index (χ1) is 13.6. The average Bonchev–Trinajstić information content (AvgIpc) is 2.86. The van der Waals surface area contributed by atoms with E-state index in [0.717, 1.165) is 12.8 Å². The normalized spacial score (nSPS) is 15.6. The van der Waals surface area contributed by atoms with Crippen molar-refractivity contribution < 1.29 is 9.53 Å². The van der Waals surface area contributed by atoms with Crippen LogP contribution in [0.4, 0.5) is 0 Å². The van der Waals surface area contributed by atoms with Crippen molar-refractivity contribution in [3.63, 3.8) is 0 Å². The van der Waals surface area contributed by atoms with Gasteiger partial charge in [-0.2, -0.15) is 0 Å². The Kier molecular flexibility index (Phi) is 7.22. The van der Waals surface area contributed by atoms with E-state index in [1.54, 1.807) is 6.92 Å². The molecule has 0 amide bonds. The van der Waals surface area contributed by atoms with Crippen molar-refractivity contribution in [1.82, 2.24) is 5.32 Å². The van der Waals surface area contributed by atoms with Gasteiger partial charge in [-0.3, -0.25) is 10.3 Å². The van der Waals surface area contributed by atoms with E-state index in [0.29, 0.717) is 6.61 Å². The highest BCUT2D eigenvalue weighted by molar-refractivity contribution is 14.1. The Morgan fingerprint density at radius 2 is 1.79 bits per heavy atom. The molecule has 1 unspecified atom stereocenters. The fourth-order valence-corrected chi connectivity index (χ4v) is 3.93. The SMILES string of the molecule is CCOC(=O)C(/C=N\C(I)NC1c2ccccc2CCc2ccccc21)=C/N. The fourth-order valence-electron chi connectivity index (χ4n) is 3.41. The van der Waals surface area contributed by atoms with Crippen molar-refractivity contribution in [3.05, 3.63) is 82.6 Å². The van der Waals surface area contributed by atoms with Gasteiger partial charge < -0.3 is 10.5 Å². The van der Waals surface area contributed by atoms with Crippen LogP contribution in [0.3, 0.4) is 0 Å². The molecule has 2 aromatic rings. The van der Waals surface area contributed by atoms with Crippen LogP contribution < -0.4 is 11.1 Å². The Hall–Kier alpha value is -2.19. The number of nitrogens with one attached hydrogen (secondary N) is 1. The Morgan fingerprint density at radius 1 is 1.21 bits per heavy atom. The van der Waals surface area contributed by atoms with Crippen molar-refractivity contribution in [2.45, 2.75) is 30.0 Å². The molecule has 1 aliphatic carbocycles. The molecular weight excluding hydrogens is 465 g/mol. The summed E-state index contributed by atoms with van der Waals surface area (Å²) in [4.78, 5) is 16.3. The second-order valence-corrected chi connectivity index (χ2v) is 7.63. The zero-order valence-corrected chi connectivity index (χ0v) is 17.9. The van der Waals surface area contributed by atoms with Gasteiger partial charge in [0.05, 0.1) is 18.2 Å². The lowest BCUT2D eigenvalue weighted by atomic mass is 9.95. The van der Waals surface area contributed by atoms with Gasteiger partial charge in [0.15, 0.2) is 4.17 Å². The number of ether oxygens (including phenoxy) is 1. The number of rotatable bonds is 6. The van der Waals surface area contributed by atoms with Gasteiger partial charge in [-0.1, -0.05) is 48.5 Å². The van der Waals surface area contributed by atoms with E-state index in [4.69, 9.17) is 10.5 Å². The molecule has 28 heavy (non-hydrogen) atoms. The van der Waals surface area contributed by atoms with Gasteiger partial charge in [0, 0.05) is 12.4 Å². The predicted molar refractivity (Wildman–Crippen MR) is 120 cm³/mol. The number of hydrogen-bond acceptors (Lipinski definition) is 5. The fraction of sp³-hybridized carbons (Fsp3) is 0.273. The molecule has 0 saturated carbocycles. The van der Waals surface area contributed by atoms with Crippen molar-refractivity contribution in [2.24, 2.45) is 10.7 Å². The highest BCUT2D eigenvalue weighted by Gasteiger charge is 2.24. The van der Waals surface area contributed by atoms with Crippen LogP contribution in [0.5, 0.6) is 0 Å². The van der Waals surface area contributed by atoms with Crippen molar-refractivity contribution in [1.29, 1.82) is 0 Å². The minimum Gasteiger partial charge on any atom is -0.462 e. The molecule has 0 aromatic heterocycles. The molecule has 5 nitrogen and oxygen atoms in total. The van der Waals surface area contributed by atoms with Gasteiger partial charge in [0.2, 0.25) is 0 Å². The summed E-state index contributed by atoms with van der Waals surface area (Å²) >= 11 is 2.22. The van der Waals surface area contributed by atoms with Gasteiger partial charge in [-0.05, 0) is 64.6 Å². The molecule has 1 atom stereocenters. The molecule has 0 saturated heterocycles. The zero-order valence-electron chi connectivity index (χ0n) is 15.8. The number of aliphatic imine (C=N–C) groups is 1. The number of carbonyl (C=O) groups excluding carboxylic acids is 1. The molecule has 1 aliphatic rings. The second kappa shape index (κ2) is 9.84. The monoisotopic (exact) mass is 489 g/mol. The van der Waals surface area contributed by atoms with Crippen molar-refractivity contribution >= 4 is 34.8 Å². The first kappa shape index (κ1) is 20.5. The Labute approximate surface area is 179 Å². The lowest BCUT2D eigenvalue weighted by molar-refractivity contribution is -0.137. The molecule has 146 valence electrons. The maximum absolute atomic E-state index is 11.9. The number of nitrogens with zero attached hydrogens (tertiary/aromatic N) is 1. The first-order valence-corrected chi connectivity index (χ1v) is 10.6.